The minimum absolute atomic E-state index is 0.0376. The molecule has 1 aromatic carbocycles. The second-order valence-electron chi connectivity index (χ2n) is 5.99. The molecular weight excluding hydrogens is 310 g/mol. The second kappa shape index (κ2) is 7.74. The van der Waals surface area contributed by atoms with Crippen molar-refractivity contribution in [2.75, 3.05) is 51.3 Å². The van der Waals surface area contributed by atoms with Crippen molar-refractivity contribution in [2.24, 2.45) is 0 Å². The lowest BCUT2D eigenvalue weighted by molar-refractivity contribution is -0.128. The molecule has 2 aliphatic heterocycles. The molecule has 0 bridgehead atoms. The standard InChI is InChI=1S/C17H23N3O4/c1-12-2-3-13(17(22)20-5-8-23-9-6-20)10-14(12)19-16(21)15-11-18-4-7-24-15/h2-3,10,15,18H,4-9,11H2,1H3,(H,19,21). The SMILES string of the molecule is Cc1ccc(C(=O)N2CCOCC2)cc1NC(=O)C1CNCCO1. The van der Waals surface area contributed by atoms with Gasteiger partial charge >= 0.3 is 0 Å². The zero-order valence-corrected chi connectivity index (χ0v) is 13.8. The largest absolute Gasteiger partial charge is 0.378 e. The van der Waals surface area contributed by atoms with Gasteiger partial charge in [-0.05, 0) is 24.6 Å². The number of anilines is 1. The number of benzene rings is 1. The van der Waals surface area contributed by atoms with Gasteiger partial charge in [-0.25, -0.2) is 0 Å². The molecule has 130 valence electrons. The van der Waals surface area contributed by atoms with E-state index in [4.69, 9.17) is 9.47 Å². The van der Waals surface area contributed by atoms with E-state index in [1.165, 1.54) is 0 Å². The van der Waals surface area contributed by atoms with Gasteiger partial charge in [0.25, 0.3) is 11.8 Å². The number of nitrogens with one attached hydrogen (secondary N) is 2. The zero-order valence-electron chi connectivity index (χ0n) is 13.8. The van der Waals surface area contributed by atoms with Gasteiger partial charge < -0.3 is 25.0 Å². The Kier molecular flexibility index (Phi) is 5.44. The molecule has 2 aliphatic rings. The quantitative estimate of drug-likeness (QED) is 0.837. The highest BCUT2D eigenvalue weighted by Crippen LogP contribution is 2.19. The molecule has 1 atom stereocenters. The van der Waals surface area contributed by atoms with Crippen molar-refractivity contribution < 1.29 is 19.1 Å². The summed E-state index contributed by atoms with van der Waals surface area (Å²) in [5.74, 6) is -0.231. The van der Waals surface area contributed by atoms with Crippen LogP contribution in [0.15, 0.2) is 18.2 Å². The maximum Gasteiger partial charge on any atom is 0.254 e. The summed E-state index contributed by atoms with van der Waals surface area (Å²) in [6.45, 7) is 5.99. The number of carbonyl (C=O) groups is 2. The van der Waals surface area contributed by atoms with Gasteiger partial charge in [-0.1, -0.05) is 6.07 Å². The van der Waals surface area contributed by atoms with Crippen molar-refractivity contribution in [3.63, 3.8) is 0 Å². The Balaban J connectivity index is 1.71. The summed E-state index contributed by atoms with van der Waals surface area (Å²) >= 11 is 0. The van der Waals surface area contributed by atoms with Crippen LogP contribution in [0, 0.1) is 6.92 Å². The number of nitrogens with zero attached hydrogens (tertiary/aromatic N) is 1. The highest BCUT2D eigenvalue weighted by Gasteiger charge is 2.23. The molecule has 0 aromatic heterocycles. The van der Waals surface area contributed by atoms with Crippen LogP contribution in [0.4, 0.5) is 5.69 Å². The molecule has 0 saturated carbocycles. The lowest BCUT2D eigenvalue weighted by Crippen LogP contribution is -2.45. The molecule has 2 fully saturated rings. The summed E-state index contributed by atoms with van der Waals surface area (Å²) in [6.07, 6.45) is -0.503. The van der Waals surface area contributed by atoms with Crippen LogP contribution in [0.1, 0.15) is 15.9 Å². The van der Waals surface area contributed by atoms with E-state index in [9.17, 15) is 9.59 Å². The molecule has 0 aliphatic carbocycles. The van der Waals surface area contributed by atoms with E-state index in [0.29, 0.717) is 50.7 Å². The van der Waals surface area contributed by atoms with Crippen molar-refractivity contribution in [3.8, 4) is 0 Å². The third-order valence-corrected chi connectivity index (χ3v) is 4.26. The van der Waals surface area contributed by atoms with Gasteiger partial charge in [-0.3, -0.25) is 9.59 Å². The molecule has 24 heavy (non-hydrogen) atoms. The molecule has 7 nitrogen and oxygen atoms in total. The van der Waals surface area contributed by atoms with E-state index in [2.05, 4.69) is 10.6 Å². The first kappa shape index (κ1) is 16.9. The van der Waals surface area contributed by atoms with Crippen LogP contribution in [-0.4, -0.2) is 68.8 Å². The Morgan fingerprint density at radius 1 is 1.25 bits per heavy atom. The van der Waals surface area contributed by atoms with E-state index in [-0.39, 0.29) is 11.8 Å². The minimum Gasteiger partial charge on any atom is -0.378 e. The Bertz CT molecular complexity index is 608. The van der Waals surface area contributed by atoms with Crippen molar-refractivity contribution in [1.29, 1.82) is 0 Å². The van der Waals surface area contributed by atoms with Gasteiger partial charge in [0.2, 0.25) is 0 Å². The average Bonchev–Trinajstić information content (AvgIpc) is 2.64. The van der Waals surface area contributed by atoms with Crippen LogP contribution < -0.4 is 10.6 Å². The topological polar surface area (TPSA) is 79.9 Å². The van der Waals surface area contributed by atoms with Crippen LogP contribution in [0.5, 0.6) is 0 Å². The normalized spacial score (nSPS) is 21.4. The van der Waals surface area contributed by atoms with Crippen LogP contribution in [0.2, 0.25) is 0 Å². The van der Waals surface area contributed by atoms with Gasteiger partial charge in [-0.15, -0.1) is 0 Å². The first-order chi connectivity index (χ1) is 11.6. The summed E-state index contributed by atoms with van der Waals surface area (Å²) in [5, 5.41) is 6.01. The lowest BCUT2D eigenvalue weighted by atomic mass is 10.1. The van der Waals surface area contributed by atoms with Crippen molar-refractivity contribution in [1.82, 2.24) is 10.2 Å². The van der Waals surface area contributed by atoms with E-state index in [0.717, 1.165) is 12.1 Å². The summed E-state index contributed by atoms with van der Waals surface area (Å²) in [7, 11) is 0. The minimum atomic E-state index is -0.503. The average molecular weight is 333 g/mol. The van der Waals surface area contributed by atoms with Gasteiger partial charge in [0.1, 0.15) is 6.10 Å². The smallest absolute Gasteiger partial charge is 0.254 e. The number of amides is 2. The molecule has 3 rings (SSSR count). The number of hydrogen-bond acceptors (Lipinski definition) is 5. The molecule has 1 aromatic rings. The number of ether oxygens (including phenoxy) is 2. The van der Waals surface area contributed by atoms with E-state index < -0.39 is 6.10 Å². The molecule has 2 heterocycles. The number of morpholine rings is 2. The van der Waals surface area contributed by atoms with E-state index in [1.54, 1.807) is 17.0 Å². The maximum atomic E-state index is 12.6. The van der Waals surface area contributed by atoms with Gasteiger partial charge in [-0.2, -0.15) is 0 Å². The molecular formula is C17H23N3O4. The Morgan fingerprint density at radius 2 is 2.04 bits per heavy atom. The van der Waals surface area contributed by atoms with E-state index in [1.807, 2.05) is 13.0 Å². The molecule has 0 spiro atoms. The highest BCUT2D eigenvalue weighted by molar-refractivity contribution is 5.99. The first-order valence-electron chi connectivity index (χ1n) is 8.26. The van der Waals surface area contributed by atoms with Crippen LogP contribution >= 0.6 is 0 Å². The van der Waals surface area contributed by atoms with Crippen LogP contribution in [0.3, 0.4) is 0 Å². The number of carbonyl (C=O) groups excluding carboxylic acids is 2. The summed E-state index contributed by atoms with van der Waals surface area (Å²) in [5.41, 5.74) is 2.12. The summed E-state index contributed by atoms with van der Waals surface area (Å²) in [6, 6.07) is 5.38. The van der Waals surface area contributed by atoms with Crippen LogP contribution in [-0.2, 0) is 14.3 Å². The van der Waals surface area contributed by atoms with Gasteiger partial charge in [0.15, 0.2) is 0 Å². The van der Waals surface area contributed by atoms with Crippen molar-refractivity contribution >= 4 is 17.5 Å². The zero-order chi connectivity index (χ0) is 16.9. The molecule has 2 N–H and O–H groups in total. The second-order valence-corrected chi connectivity index (χ2v) is 5.99. The number of rotatable bonds is 3. The number of hydrogen-bond donors (Lipinski definition) is 2. The highest BCUT2D eigenvalue weighted by atomic mass is 16.5. The molecule has 0 radical (unpaired) electrons. The monoisotopic (exact) mass is 333 g/mol. The Hall–Kier alpha value is -1.96. The lowest BCUT2D eigenvalue weighted by Gasteiger charge is -2.27. The summed E-state index contributed by atoms with van der Waals surface area (Å²) in [4.78, 5) is 26.7. The Morgan fingerprint density at radius 3 is 2.75 bits per heavy atom. The third-order valence-electron chi connectivity index (χ3n) is 4.26. The van der Waals surface area contributed by atoms with Crippen molar-refractivity contribution in [3.05, 3.63) is 29.3 Å². The summed E-state index contributed by atoms with van der Waals surface area (Å²) < 4.78 is 10.7. The van der Waals surface area contributed by atoms with Crippen LogP contribution in [0.25, 0.3) is 0 Å². The number of aryl methyl sites for hydroxylation is 1. The van der Waals surface area contributed by atoms with Gasteiger partial charge in [0.05, 0.1) is 19.8 Å². The Labute approximate surface area is 141 Å². The fourth-order valence-corrected chi connectivity index (χ4v) is 2.79. The maximum absolute atomic E-state index is 12.6. The van der Waals surface area contributed by atoms with Crippen molar-refractivity contribution in [2.45, 2.75) is 13.0 Å². The first-order valence-corrected chi connectivity index (χ1v) is 8.26. The third kappa shape index (κ3) is 3.92. The fraction of sp³-hybridized carbons (Fsp3) is 0.529. The molecule has 1 unspecified atom stereocenters. The molecule has 2 amide bonds. The molecule has 2 saturated heterocycles. The fourth-order valence-electron chi connectivity index (χ4n) is 2.79. The predicted molar refractivity (Wildman–Crippen MR) is 89.1 cm³/mol. The molecule has 7 heteroatoms. The van der Waals surface area contributed by atoms with E-state index >= 15 is 0 Å². The predicted octanol–water partition coefficient (Wildman–Crippen LogP) is 0.394. The van der Waals surface area contributed by atoms with Gasteiger partial charge in [0, 0.05) is 37.4 Å².